The Morgan fingerprint density at radius 3 is 2.60 bits per heavy atom. The van der Waals surface area contributed by atoms with Gasteiger partial charge in [0.1, 0.15) is 0 Å². The summed E-state index contributed by atoms with van der Waals surface area (Å²) in [5.74, 6) is 0. The maximum absolute atomic E-state index is 9.52. The van der Waals surface area contributed by atoms with Crippen LogP contribution in [0, 0.1) is 6.92 Å². The van der Waals surface area contributed by atoms with Crippen LogP contribution in [0.15, 0.2) is 18.3 Å². The lowest BCUT2D eigenvalue weighted by Gasteiger charge is -2.29. The van der Waals surface area contributed by atoms with Crippen molar-refractivity contribution >= 4 is 0 Å². The van der Waals surface area contributed by atoms with Gasteiger partial charge in [-0.2, -0.15) is 0 Å². The number of nitrogens with zero attached hydrogens (tertiary/aromatic N) is 1. The molecule has 0 aliphatic heterocycles. The summed E-state index contributed by atoms with van der Waals surface area (Å²) >= 11 is 0. The highest BCUT2D eigenvalue weighted by atomic mass is 16.3. The zero-order valence-electron chi connectivity index (χ0n) is 9.91. The maximum atomic E-state index is 9.52. The third-order valence-electron chi connectivity index (χ3n) is 2.77. The van der Waals surface area contributed by atoms with E-state index in [-0.39, 0.29) is 11.6 Å². The van der Waals surface area contributed by atoms with E-state index in [1.807, 2.05) is 39.1 Å². The summed E-state index contributed by atoms with van der Waals surface area (Å²) in [5, 5.41) is 12.8. The SMILES string of the molecule is Cc1ccc(CNC(C)(C)C(C)O)cn1. The molecule has 1 unspecified atom stereocenters. The van der Waals surface area contributed by atoms with Gasteiger partial charge in [-0.25, -0.2) is 0 Å². The van der Waals surface area contributed by atoms with Crippen molar-refractivity contribution in [3.8, 4) is 0 Å². The van der Waals surface area contributed by atoms with Gasteiger partial charge in [0.25, 0.3) is 0 Å². The van der Waals surface area contributed by atoms with Gasteiger partial charge in [0.2, 0.25) is 0 Å². The summed E-state index contributed by atoms with van der Waals surface area (Å²) in [5.41, 5.74) is 1.88. The summed E-state index contributed by atoms with van der Waals surface area (Å²) in [6, 6.07) is 4.04. The number of nitrogens with one attached hydrogen (secondary N) is 1. The normalized spacial score (nSPS) is 13.9. The fraction of sp³-hybridized carbons (Fsp3) is 0.583. The van der Waals surface area contributed by atoms with Crippen LogP contribution in [0.5, 0.6) is 0 Å². The van der Waals surface area contributed by atoms with Crippen molar-refractivity contribution in [2.75, 3.05) is 0 Å². The molecule has 1 heterocycles. The van der Waals surface area contributed by atoms with Crippen LogP contribution in [0.4, 0.5) is 0 Å². The Kier molecular flexibility index (Phi) is 3.83. The lowest BCUT2D eigenvalue weighted by atomic mass is 9.98. The molecule has 0 radical (unpaired) electrons. The molecular formula is C12H20N2O. The molecule has 0 saturated carbocycles. The number of aryl methyl sites for hydroxylation is 1. The monoisotopic (exact) mass is 208 g/mol. The molecule has 1 aromatic rings. The second-order valence-electron chi connectivity index (χ2n) is 4.56. The van der Waals surface area contributed by atoms with Crippen molar-refractivity contribution in [1.29, 1.82) is 0 Å². The zero-order chi connectivity index (χ0) is 11.5. The molecule has 1 atom stereocenters. The molecular weight excluding hydrogens is 188 g/mol. The highest BCUT2D eigenvalue weighted by molar-refractivity contribution is 5.13. The number of rotatable bonds is 4. The molecule has 0 aliphatic carbocycles. The van der Waals surface area contributed by atoms with E-state index < -0.39 is 0 Å². The lowest BCUT2D eigenvalue weighted by Crippen LogP contribution is -2.47. The third-order valence-corrected chi connectivity index (χ3v) is 2.77. The van der Waals surface area contributed by atoms with Crippen LogP contribution in [0.25, 0.3) is 0 Å². The standard InChI is InChI=1S/C12H20N2O/c1-9-5-6-11(7-13-9)8-14-12(3,4)10(2)15/h5-7,10,14-15H,8H2,1-4H3. The van der Waals surface area contributed by atoms with Gasteiger partial charge in [-0.05, 0) is 39.3 Å². The van der Waals surface area contributed by atoms with Gasteiger partial charge in [0, 0.05) is 24.0 Å². The number of aliphatic hydroxyl groups is 1. The fourth-order valence-corrected chi connectivity index (χ4v) is 1.08. The molecule has 0 amide bonds. The predicted octanol–water partition coefficient (Wildman–Crippen LogP) is 1.64. The van der Waals surface area contributed by atoms with Crippen LogP contribution < -0.4 is 5.32 Å². The summed E-state index contributed by atoms with van der Waals surface area (Å²) < 4.78 is 0. The Hall–Kier alpha value is -0.930. The largest absolute Gasteiger partial charge is 0.392 e. The molecule has 84 valence electrons. The number of aromatic nitrogens is 1. The van der Waals surface area contributed by atoms with Gasteiger partial charge in [-0.3, -0.25) is 4.98 Å². The van der Waals surface area contributed by atoms with Gasteiger partial charge in [-0.15, -0.1) is 0 Å². The molecule has 1 rings (SSSR count). The first-order valence-electron chi connectivity index (χ1n) is 5.26. The topological polar surface area (TPSA) is 45.1 Å². The Morgan fingerprint density at radius 1 is 1.47 bits per heavy atom. The second kappa shape index (κ2) is 4.73. The van der Waals surface area contributed by atoms with E-state index in [0.29, 0.717) is 0 Å². The first-order valence-corrected chi connectivity index (χ1v) is 5.26. The van der Waals surface area contributed by atoms with E-state index in [4.69, 9.17) is 0 Å². The smallest absolute Gasteiger partial charge is 0.0688 e. The number of pyridine rings is 1. The minimum absolute atomic E-state index is 0.273. The highest BCUT2D eigenvalue weighted by Gasteiger charge is 2.22. The quantitative estimate of drug-likeness (QED) is 0.790. The van der Waals surface area contributed by atoms with Crippen LogP contribution >= 0.6 is 0 Å². The van der Waals surface area contributed by atoms with Crippen molar-refractivity contribution in [1.82, 2.24) is 10.3 Å². The summed E-state index contributed by atoms with van der Waals surface area (Å²) in [6.45, 7) is 8.46. The second-order valence-corrected chi connectivity index (χ2v) is 4.56. The Bertz CT molecular complexity index is 304. The van der Waals surface area contributed by atoms with Gasteiger partial charge >= 0.3 is 0 Å². The molecule has 0 fully saturated rings. The molecule has 1 aromatic heterocycles. The molecule has 0 saturated heterocycles. The van der Waals surface area contributed by atoms with Crippen LogP contribution in [0.1, 0.15) is 32.0 Å². The van der Waals surface area contributed by atoms with Crippen LogP contribution in [-0.2, 0) is 6.54 Å². The number of hydrogen-bond donors (Lipinski definition) is 2. The Labute approximate surface area is 91.5 Å². The van der Waals surface area contributed by atoms with E-state index in [1.165, 1.54) is 0 Å². The summed E-state index contributed by atoms with van der Waals surface area (Å²) in [4.78, 5) is 4.22. The third kappa shape index (κ3) is 3.61. The number of hydrogen-bond acceptors (Lipinski definition) is 3. The van der Waals surface area contributed by atoms with E-state index in [0.717, 1.165) is 17.8 Å². The summed E-state index contributed by atoms with van der Waals surface area (Å²) in [6.07, 6.45) is 1.48. The van der Waals surface area contributed by atoms with E-state index in [9.17, 15) is 5.11 Å². The van der Waals surface area contributed by atoms with Crippen molar-refractivity contribution in [3.63, 3.8) is 0 Å². The number of aliphatic hydroxyl groups excluding tert-OH is 1. The molecule has 3 heteroatoms. The van der Waals surface area contributed by atoms with Crippen molar-refractivity contribution in [2.24, 2.45) is 0 Å². The first kappa shape index (κ1) is 12.1. The van der Waals surface area contributed by atoms with Crippen molar-refractivity contribution < 1.29 is 5.11 Å². The molecule has 0 bridgehead atoms. The van der Waals surface area contributed by atoms with E-state index in [1.54, 1.807) is 6.92 Å². The Balaban J connectivity index is 2.54. The predicted molar refractivity (Wildman–Crippen MR) is 61.6 cm³/mol. The zero-order valence-corrected chi connectivity index (χ0v) is 9.91. The molecule has 0 spiro atoms. The maximum Gasteiger partial charge on any atom is 0.0688 e. The average Bonchev–Trinajstić information content (AvgIpc) is 2.17. The molecule has 2 N–H and O–H groups in total. The minimum atomic E-state index is -0.379. The fourth-order valence-electron chi connectivity index (χ4n) is 1.08. The average molecular weight is 208 g/mol. The molecule has 15 heavy (non-hydrogen) atoms. The van der Waals surface area contributed by atoms with E-state index in [2.05, 4.69) is 10.3 Å². The van der Waals surface area contributed by atoms with Crippen molar-refractivity contribution in [3.05, 3.63) is 29.6 Å². The van der Waals surface area contributed by atoms with Crippen molar-refractivity contribution in [2.45, 2.75) is 45.9 Å². The Morgan fingerprint density at radius 2 is 2.13 bits per heavy atom. The molecule has 3 nitrogen and oxygen atoms in total. The van der Waals surface area contributed by atoms with Crippen LogP contribution in [0.3, 0.4) is 0 Å². The van der Waals surface area contributed by atoms with Gasteiger partial charge in [-0.1, -0.05) is 6.07 Å². The van der Waals surface area contributed by atoms with Gasteiger partial charge in [0.05, 0.1) is 6.10 Å². The molecule has 0 aliphatic rings. The van der Waals surface area contributed by atoms with E-state index >= 15 is 0 Å². The van der Waals surface area contributed by atoms with Crippen LogP contribution in [-0.4, -0.2) is 21.7 Å². The molecule has 0 aromatic carbocycles. The summed E-state index contributed by atoms with van der Waals surface area (Å²) in [7, 11) is 0. The minimum Gasteiger partial charge on any atom is -0.392 e. The highest BCUT2D eigenvalue weighted by Crippen LogP contribution is 2.09. The van der Waals surface area contributed by atoms with Gasteiger partial charge < -0.3 is 10.4 Å². The lowest BCUT2D eigenvalue weighted by molar-refractivity contribution is 0.0956. The first-order chi connectivity index (χ1) is 6.92. The van der Waals surface area contributed by atoms with Crippen LogP contribution in [0.2, 0.25) is 0 Å². The van der Waals surface area contributed by atoms with Gasteiger partial charge in [0.15, 0.2) is 0 Å².